The van der Waals surface area contributed by atoms with E-state index in [4.69, 9.17) is 18.0 Å². The van der Waals surface area contributed by atoms with Crippen LogP contribution in [0.15, 0.2) is 0 Å². The average Bonchev–Trinajstić information content (AvgIpc) is 2.68. The number of fused-ring (bicyclic) bond motifs is 5. The third-order valence-electron chi connectivity index (χ3n) is 6.15. The molecular weight excluding hydrogens is 244 g/mol. The summed E-state index contributed by atoms with van der Waals surface area (Å²) in [6.45, 7) is 0. The van der Waals surface area contributed by atoms with Crippen LogP contribution < -0.4 is 11.1 Å². The first kappa shape index (κ1) is 11.2. The standard InChI is InChI=1S/C14H20N2OS/c15-12(18)14(4-1-5-14)13(17)16-11-9-7-2-3-8(6-7)10(9)11/h7-11H,1-6H2,(H2,15,18)(H,16,17). The van der Waals surface area contributed by atoms with Crippen molar-refractivity contribution in [3.63, 3.8) is 0 Å². The lowest BCUT2D eigenvalue weighted by Gasteiger charge is -2.39. The third kappa shape index (κ3) is 1.25. The Labute approximate surface area is 113 Å². The Morgan fingerprint density at radius 3 is 2.28 bits per heavy atom. The SMILES string of the molecule is NC(=S)C1(C(=O)NC2C3C4CCC(C4)C23)CCC1. The maximum absolute atomic E-state index is 12.4. The van der Waals surface area contributed by atoms with Crippen molar-refractivity contribution in [2.45, 2.75) is 44.6 Å². The number of amides is 1. The van der Waals surface area contributed by atoms with Crippen molar-refractivity contribution in [3.05, 3.63) is 0 Å². The van der Waals surface area contributed by atoms with Crippen molar-refractivity contribution >= 4 is 23.1 Å². The number of carbonyl (C=O) groups excluding carboxylic acids is 1. The number of nitrogens with two attached hydrogens (primary N) is 1. The van der Waals surface area contributed by atoms with Gasteiger partial charge in [0.05, 0.1) is 10.4 Å². The molecule has 0 aromatic rings. The van der Waals surface area contributed by atoms with Gasteiger partial charge in [0.1, 0.15) is 0 Å². The van der Waals surface area contributed by atoms with Crippen LogP contribution in [0.2, 0.25) is 0 Å². The first-order valence-electron chi connectivity index (χ1n) is 7.24. The highest BCUT2D eigenvalue weighted by Crippen LogP contribution is 2.65. The molecule has 4 saturated carbocycles. The molecule has 0 saturated heterocycles. The molecule has 4 heteroatoms. The summed E-state index contributed by atoms with van der Waals surface area (Å²) >= 11 is 5.11. The molecular formula is C14H20N2OS. The van der Waals surface area contributed by atoms with Gasteiger partial charge in [-0.25, -0.2) is 0 Å². The molecule has 4 unspecified atom stereocenters. The number of carbonyl (C=O) groups is 1. The Kier molecular flexibility index (Phi) is 2.16. The van der Waals surface area contributed by atoms with Gasteiger partial charge in [-0.15, -0.1) is 0 Å². The monoisotopic (exact) mass is 264 g/mol. The Balaban J connectivity index is 1.45. The van der Waals surface area contributed by atoms with Crippen LogP contribution in [0.4, 0.5) is 0 Å². The maximum atomic E-state index is 12.4. The van der Waals surface area contributed by atoms with Crippen molar-refractivity contribution in [1.82, 2.24) is 5.32 Å². The fourth-order valence-corrected chi connectivity index (χ4v) is 5.22. The molecule has 4 aliphatic carbocycles. The summed E-state index contributed by atoms with van der Waals surface area (Å²) in [6.07, 6.45) is 6.97. The molecule has 4 rings (SSSR count). The number of rotatable bonds is 3. The van der Waals surface area contributed by atoms with E-state index in [2.05, 4.69) is 5.32 Å². The zero-order chi connectivity index (χ0) is 12.5. The molecule has 3 N–H and O–H groups in total. The third-order valence-corrected chi connectivity index (χ3v) is 6.54. The van der Waals surface area contributed by atoms with Crippen LogP contribution in [0.25, 0.3) is 0 Å². The van der Waals surface area contributed by atoms with Gasteiger partial charge >= 0.3 is 0 Å². The molecule has 98 valence electrons. The summed E-state index contributed by atoms with van der Waals surface area (Å²) in [5.41, 5.74) is 5.29. The molecule has 2 bridgehead atoms. The van der Waals surface area contributed by atoms with E-state index in [9.17, 15) is 4.79 Å². The zero-order valence-electron chi connectivity index (χ0n) is 10.5. The number of hydrogen-bond donors (Lipinski definition) is 2. The van der Waals surface area contributed by atoms with Gasteiger partial charge < -0.3 is 11.1 Å². The summed E-state index contributed by atoms with van der Waals surface area (Å²) in [5.74, 6) is 3.49. The molecule has 0 aromatic carbocycles. The predicted molar refractivity (Wildman–Crippen MR) is 72.8 cm³/mol. The number of nitrogens with one attached hydrogen (secondary N) is 1. The van der Waals surface area contributed by atoms with Crippen molar-refractivity contribution < 1.29 is 4.79 Å². The first-order valence-corrected chi connectivity index (χ1v) is 7.65. The summed E-state index contributed by atoms with van der Waals surface area (Å²) < 4.78 is 0. The smallest absolute Gasteiger partial charge is 0.233 e. The quantitative estimate of drug-likeness (QED) is 0.761. The lowest BCUT2D eigenvalue weighted by atomic mass is 9.68. The highest BCUT2D eigenvalue weighted by molar-refractivity contribution is 7.80. The van der Waals surface area contributed by atoms with Gasteiger partial charge in [0, 0.05) is 6.04 Å². The maximum Gasteiger partial charge on any atom is 0.233 e. The number of thiocarbonyl (C=S) groups is 1. The lowest BCUT2D eigenvalue weighted by Crippen LogP contribution is -2.54. The largest absolute Gasteiger partial charge is 0.392 e. The van der Waals surface area contributed by atoms with Gasteiger partial charge in [0.15, 0.2) is 0 Å². The van der Waals surface area contributed by atoms with Crippen LogP contribution in [0, 0.1) is 29.1 Å². The van der Waals surface area contributed by atoms with E-state index in [-0.39, 0.29) is 5.91 Å². The van der Waals surface area contributed by atoms with Gasteiger partial charge in [0.25, 0.3) is 0 Å². The molecule has 4 fully saturated rings. The molecule has 0 aromatic heterocycles. The zero-order valence-corrected chi connectivity index (χ0v) is 11.3. The Morgan fingerprint density at radius 2 is 1.83 bits per heavy atom. The molecule has 1 amide bonds. The van der Waals surface area contributed by atoms with Crippen molar-refractivity contribution in [1.29, 1.82) is 0 Å². The van der Waals surface area contributed by atoms with Crippen LogP contribution in [-0.4, -0.2) is 16.9 Å². The Bertz CT molecular complexity index is 416. The number of hydrogen-bond acceptors (Lipinski definition) is 2. The molecule has 4 aliphatic rings. The Morgan fingerprint density at radius 1 is 1.22 bits per heavy atom. The van der Waals surface area contributed by atoms with Gasteiger partial charge in [-0.1, -0.05) is 18.6 Å². The van der Waals surface area contributed by atoms with E-state index in [1.165, 1.54) is 19.3 Å². The van der Waals surface area contributed by atoms with E-state index in [1.54, 1.807) is 0 Å². The molecule has 0 spiro atoms. The van der Waals surface area contributed by atoms with Crippen molar-refractivity contribution in [3.8, 4) is 0 Å². The minimum absolute atomic E-state index is 0.125. The van der Waals surface area contributed by atoms with Crippen LogP contribution in [0.1, 0.15) is 38.5 Å². The van der Waals surface area contributed by atoms with Gasteiger partial charge in [-0.3, -0.25) is 4.79 Å². The minimum atomic E-state index is -0.495. The van der Waals surface area contributed by atoms with Crippen molar-refractivity contribution in [2.75, 3.05) is 0 Å². The minimum Gasteiger partial charge on any atom is -0.392 e. The molecule has 0 radical (unpaired) electrons. The van der Waals surface area contributed by atoms with Crippen LogP contribution in [0.5, 0.6) is 0 Å². The summed E-state index contributed by atoms with van der Waals surface area (Å²) in [7, 11) is 0. The van der Waals surface area contributed by atoms with Gasteiger partial charge in [-0.05, 0) is 55.8 Å². The van der Waals surface area contributed by atoms with E-state index in [0.717, 1.165) is 42.9 Å². The van der Waals surface area contributed by atoms with Crippen molar-refractivity contribution in [2.24, 2.45) is 34.8 Å². The second kappa shape index (κ2) is 3.47. The van der Waals surface area contributed by atoms with Gasteiger partial charge in [-0.2, -0.15) is 0 Å². The molecule has 3 nitrogen and oxygen atoms in total. The van der Waals surface area contributed by atoms with E-state index >= 15 is 0 Å². The average molecular weight is 264 g/mol. The predicted octanol–water partition coefficient (Wildman–Crippen LogP) is 1.60. The van der Waals surface area contributed by atoms with Crippen LogP contribution in [-0.2, 0) is 4.79 Å². The lowest BCUT2D eigenvalue weighted by molar-refractivity contribution is -0.131. The van der Waals surface area contributed by atoms with Crippen LogP contribution in [0.3, 0.4) is 0 Å². The van der Waals surface area contributed by atoms with E-state index in [1.807, 2.05) is 0 Å². The highest BCUT2D eigenvalue weighted by Gasteiger charge is 2.66. The first-order chi connectivity index (χ1) is 8.63. The molecule has 4 atom stereocenters. The summed E-state index contributed by atoms with van der Waals surface area (Å²) in [4.78, 5) is 12.8. The summed E-state index contributed by atoms with van der Waals surface area (Å²) in [6, 6.07) is 0.454. The fourth-order valence-electron chi connectivity index (χ4n) is 4.92. The van der Waals surface area contributed by atoms with E-state index in [0.29, 0.717) is 11.0 Å². The molecule has 0 aliphatic heterocycles. The Hall–Kier alpha value is -0.640. The summed E-state index contributed by atoms with van der Waals surface area (Å²) in [5, 5.41) is 3.27. The van der Waals surface area contributed by atoms with Gasteiger partial charge in [0.2, 0.25) is 5.91 Å². The second-order valence-corrected chi connectivity index (χ2v) is 7.23. The topological polar surface area (TPSA) is 55.1 Å². The second-order valence-electron chi connectivity index (χ2n) is 6.79. The molecule has 0 heterocycles. The highest BCUT2D eigenvalue weighted by atomic mass is 32.1. The van der Waals surface area contributed by atoms with Crippen LogP contribution >= 0.6 is 12.2 Å². The fraction of sp³-hybridized carbons (Fsp3) is 0.857. The normalized spacial score (nSPS) is 46.1. The van der Waals surface area contributed by atoms with E-state index < -0.39 is 5.41 Å². The molecule has 18 heavy (non-hydrogen) atoms.